The fourth-order valence-corrected chi connectivity index (χ4v) is 2.82. The van der Waals surface area contributed by atoms with Gasteiger partial charge in [0, 0.05) is 38.5 Å². The number of carbonyl (C=O) groups is 1. The maximum atomic E-state index is 12.8. The second-order valence-corrected chi connectivity index (χ2v) is 5.23. The maximum Gasteiger partial charge on any atom is 0.258 e. The fourth-order valence-electron chi connectivity index (χ4n) is 2.82. The van der Waals surface area contributed by atoms with E-state index < -0.39 is 0 Å². The number of hydrogen-bond donors (Lipinski definition) is 1. The number of nitriles is 1. The number of H-pyrrole nitrogens is 1. The number of furan rings is 1. The van der Waals surface area contributed by atoms with Crippen LogP contribution in [0.25, 0.3) is 0 Å². The standard InChI is InChI=1S/C15H16N4O3/c1-9-12(5-10(7-16)22-9)15(20)19-8-11(21-2)6-13(19)14-17-3-4-18-14/h3-5,11,13H,6,8H2,1-2H3,(H,17,18)/t11-,13?/m1/s1. The molecular formula is C15H16N4O3. The van der Waals surface area contributed by atoms with Gasteiger partial charge in [-0.25, -0.2) is 4.98 Å². The number of aromatic nitrogens is 2. The van der Waals surface area contributed by atoms with Crippen LogP contribution < -0.4 is 0 Å². The second kappa shape index (κ2) is 5.66. The molecular weight excluding hydrogens is 284 g/mol. The molecule has 1 aliphatic heterocycles. The van der Waals surface area contributed by atoms with Gasteiger partial charge in [0.05, 0.1) is 17.7 Å². The van der Waals surface area contributed by atoms with Gasteiger partial charge in [-0.05, 0) is 6.92 Å². The molecule has 22 heavy (non-hydrogen) atoms. The molecule has 2 atom stereocenters. The van der Waals surface area contributed by atoms with E-state index in [1.165, 1.54) is 6.07 Å². The average molecular weight is 300 g/mol. The molecule has 0 saturated carbocycles. The molecule has 0 bridgehead atoms. The number of amides is 1. The first-order chi connectivity index (χ1) is 10.6. The van der Waals surface area contributed by atoms with Gasteiger partial charge in [0.2, 0.25) is 5.76 Å². The third kappa shape index (κ3) is 2.38. The highest BCUT2D eigenvalue weighted by Gasteiger charge is 2.39. The number of carbonyl (C=O) groups excluding carboxylic acids is 1. The van der Waals surface area contributed by atoms with Gasteiger partial charge < -0.3 is 19.0 Å². The van der Waals surface area contributed by atoms with Gasteiger partial charge in [-0.1, -0.05) is 0 Å². The Morgan fingerprint density at radius 3 is 3.05 bits per heavy atom. The Bertz CT molecular complexity index is 714. The quantitative estimate of drug-likeness (QED) is 0.932. The summed E-state index contributed by atoms with van der Waals surface area (Å²) in [5, 5.41) is 8.90. The maximum absolute atomic E-state index is 12.8. The molecule has 0 radical (unpaired) electrons. The number of rotatable bonds is 3. The van der Waals surface area contributed by atoms with Gasteiger partial charge in [-0.15, -0.1) is 0 Å². The minimum atomic E-state index is -0.177. The molecule has 0 aromatic carbocycles. The van der Waals surface area contributed by atoms with E-state index in [4.69, 9.17) is 14.4 Å². The van der Waals surface area contributed by atoms with Crippen LogP contribution in [0.1, 0.15) is 40.2 Å². The summed E-state index contributed by atoms with van der Waals surface area (Å²) in [6.07, 6.45) is 4.03. The first-order valence-electron chi connectivity index (χ1n) is 6.97. The van der Waals surface area contributed by atoms with Crippen LogP contribution in [0.4, 0.5) is 0 Å². The van der Waals surface area contributed by atoms with Gasteiger partial charge in [0.25, 0.3) is 5.91 Å². The Morgan fingerprint density at radius 1 is 1.64 bits per heavy atom. The molecule has 1 unspecified atom stereocenters. The molecule has 1 aliphatic rings. The number of nitrogens with one attached hydrogen (secondary N) is 1. The van der Waals surface area contributed by atoms with Crippen molar-refractivity contribution in [1.29, 1.82) is 5.26 Å². The van der Waals surface area contributed by atoms with Crippen molar-refractivity contribution in [3.8, 4) is 6.07 Å². The van der Waals surface area contributed by atoms with Crippen LogP contribution in [0.5, 0.6) is 0 Å². The van der Waals surface area contributed by atoms with Gasteiger partial charge in [-0.2, -0.15) is 5.26 Å². The fraction of sp³-hybridized carbons (Fsp3) is 0.400. The van der Waals surface area contributed by atoms with E-state index in [1.807, 2.05) is 6.07 Å². The van der Waals surface area contributed by atoms with Crippen LogP contribution >= 0.6 is 0 Å². The van der Waals surface area contributed by atoms with Gasteiger partial charge >= 0.3 is 0 Å². The van der Waals surface area contributed by atoms with Gasteiger partial charge in [0.15, 0.2) is 0 Å². The topological polar surface area (TPSA) is 95.1 Å². The van der Waals surface area contributed by atoms with E-state index in [0.29, 0.717) is 24.3 Å². The molecule has 1 saturated heterocycles. The summed E-state index contributed by atoms with van der Waals surface area (Å²) in [7, 11) is 1.63. The smallest absolute Gasteiger partial charge is 0.258 e. The number of imidazole rings is 1. The average Bonchev–Trinajstić information content (AvgIpc) is 3.24. The zero-order chi connectivity index (χ0) is 15.7. The van der Waals surface area contributed by atoms with Crippen molar-refractivity contribution in [3.05, 3.63) is 41.4 Å². The number of likely N-dealkylation sites (tertiary alicyclic amines) is 1. The van der Waals surface area contributed by atoms with Crippen LogP contribution in [-0.2, 0) is 4.74 Å². The molecule has 7 heteroatoms. The third-order valence-corrected chi connectivity index (χ3v) is 3.95. The lowest BCUT2D eigenvalue weighted by atomic mass is 10.1. The number of aromatic amines is 1. The predicted octanol–water partition coefficient (Wildman–Crippen LogP) is 1.78. The summed E-state index contributed by atoms with van der Waals surface area (Å²) < 4.78 is 10.7. The summed E-state index contributed by atoms with van der Waals surface area (Å²) in [6.45, 7) is 2.16. The van der Waals surface area contributed by atoms with Crippen molar-refractivity contribution in [2.24, 2.45) is 0 Å². The van der Waals surface area contributed by atoms with Crippen LogP contribution in [-0.4, -0.2) is 40.5 Å². The van der Waals surface area contributed by atoms with Gasteiger partial charge in [0.1, 0.15) is 17.7 Å². The minimum absolute atomic E-state index is 0.0401. The van der Waals surface area contributed by atoms with Crippen molar-refractivity contribution < 1.29 is 13.9 Å². The monoisotopic (exact) mass is 300 g/mol. The zero-order valence-corrected chi connectivity index (χ0v) is 12.4. The SMILES string of the molecule is CO[C@@H]1CC(c2ncc[nH]2)N(C(=O)c2cc(C#N)oc2C)C1. The Balaban J connectivity index is 1.92. The summed E-state index contributed by atoms with van der Waals surface area (Å²) in [5.41, 5.74) is 0.407. The number of ether oxygens (including phenoxy) is 1. The summed E-state index contributed by atoms with van der Waals surface area (Å²) in [4.78, 5) is 21.8. The van der Waals surface area contributed by atoms with Crippen molar-refractivity contribution in [2.75, 3.05) is 13.7 Å². The molecule has 3 rings (SSSR count). The lowest BCUT2D eigenvalue weighted by Gasteiger charge is -2.22. The summed E-state index contributed by atoms with van der Waals surface area (Å²) in [6, 6.07) is 3.22. The molecule has 2 aromatic heterocycles. The third-order valence-electron chi connectivity index (χ3n) is 3.95. The molecule has 1 amide bonds. The van der Waals surface area contributed by atoms with Crippen molar-refractivity contribution in [3.63, 3.8) is 0 Å². The number of hydrogen-bond acceptors (Lipinski definition) is 5. The van der Waals surface area contributed by atoms with Crippen LogP contribution in [0, 0.1) is 18.3 Å². The summed E-state index contributed by atoms with van der Waals surface area (Å²) >= 11 is 0. The second-order valence-electron chi connectivity index (χ2n) is 5.23. The normalized spacial score (nSPS) is 21.0. The van der Waals surface area contributed by atoms with E-state index in [2.05, 4.69) is 9.97 Å². The Labute approximate surface area is 127 Å². The Hall–Kier alpha value is -2.59. The number of aryl methyl sites for hydroxylation is 1. The first kappa shape index (κ1) is 14.4. The molecule has 0 spiro atoms. The lowest BCUT2D eigenvalue weighted by Crippen LogP contribution is -2.32. The molecule has 7 nitrogen and oxygen atoms in total. The molecule has 0 aliphatic carbocycles. The van der Waals surface area contributed by atoms with E-state index in [0.717, 1.165) is 5.82 Å². The van der Waals surface area contributed by atoms with E-state index in [9.17, 15) is 4.79 Å². The lowest BCUT2D eigenvalue weighted by molar-refractivity contribution is 0.0683. The summed E-state index contributed by atoms with van der Waals surface area (Å²) in [5.74, 6) is 1.14. The largest absolute Gasteiger partial charge is 0.450 e. The molecule has 2 aromatic rings. The highest BCUT2D eigenvalue weighted by atomic mass is 16.5. The zero-order valence-electron chi connectivity index (χ0n) is 12.4. The molecule has 3 heterocycles. The van der Waals surface area contributed by atoms with Crippen molar-refractivity contribution >= 4 is 5.91 Å². The van der Waals surface area contributed by atoms with Crippen LogP contribution in [0.15, 0.2) is 22.9 Å². The van der Waals surface area contributed by atoms with Crippen molar-refractivity contribution in [1.82, 2.24) is 14.9 Å². The van der Waals surface area contributed by atoms with Crippen LogP contribution in [0.3, 0.4) is 0 Å². The van der Waals surface area contributed by atoms with Crippen LogP contribution in [0.2, 0.25) is 0 Å². The van der Waals surface area contributed by atoms with E-state index >= 15 is 0 Å². The number of nitrogens with zero attached hydrogens (tertiary/aromatic N) is 3. The first-order valence-corrected chi connectivity index (χ1v) is 6.97. The highest BCUT2D eigenvalue weighted by Crippen LogP contribution is 2.33. The van der Waals surface area contributed by atoms with Crippen molar-refractivity contribution in [2.45, 2.75) is 25.5 Å². The van der Waals surface area contributed by atoms with Gasteiger partial charge in [-0.3, -0.25) is 4.79 Å². The highest BCUT2D eigenvalue weighted by molar-refractivity contribution is 5.96. The Kier molecular flexibility index (Phi) is 3.69. The van der Waals surface area contributed by atoms with E-state index in [1.54, 1.807) is 31.3 Å². The molecule has 1 fully saturated rings. The predicted molar refractivity (Wildman–Crippen MR) is 75.9 cm³/mol. The number of methoxy groups -OCH3 is 1. The van der Waals surface area contributed by atoms with E-state index in [-0.39, 0.29) is 23.8 Å². The minimum Gasteiger partial charge on any atom is -0.450 e. The Morgan fingerprint density at radius 2 is 2.45 bits per heavy atom. The molecule has 114 valence electrons. The molecule has 1 N–H and O–H groups in total.